The van der Waals surface area contributed by atoms with Crippen molar-refractivity contribution in [2.45, 2.75) is 122 Å². The van der Waals surface area contributed by atoms with E-state index in [1.54, 1.807) is 0 Å². The van der Waals surface area contributed by atoms with Crippen LogP contribution in [0, 0.1) is 0 Å². The maximum absolute atomic E-state index is 12.2. The van der Waals surface area contributed by atoms with Crippen LogP contribution in [0.5, 0.6) is 0 Å². The summed E-state index contributed by atoms with van der Waals surface area (Å²) in [5, 5.41) is 0. The van der Waals surface area contributed by atoms with E-state index in [1.165, 1.54) is 118 Å². The molecule has 0 heterocycles. The van der Waals surface area contributed by atoms with Gasteiger partial charge in [-0.3, -0.25) is 4.79 Å². The van der Waals surface area contributed by atoms with Crippen molar-refractivity contribution in [3.63, 3.8) is 0 Å². The fraction of sp³-hybridized carbons (Fsp3) is 0.594. The fourth-order valence-electron chi connectivity index (χ4n) is 6.16. The highest BCUT2D eigenvalue weighted by atomic mass is 16.1. The number of carbonyl (C=O) groups is 1. The summed E-state index contributed by atoms with van der Waals surface area (Å²) < 4.78 is 0. The number of carbonyl (C=O) groups excluding carboxylic acids is 1. The molecule has 3 rings (SSSR count). The predicted octanol–water partition coefficient (Wildman–Crippen LogP) is 9.83. The fourth-order valence-corrected chi connectivity index (χ4v) is 6.16. The average Bonchev–Trinajstić information content (AvgIpc) is 3.13. The van der Waals surface area contributed by atoms with Crippen LogP contribution in [-0.4, -0.2) is 6.29 Å². The van der Waals surface area contributed by atoms with Crippen LogP contribution >= 0.6 is 0 Å². The third-order valence-electron chi connectivity index (χ3n) is 7.88. The Labute approximate surface area is 203 Å². The summed E-state index contributed by atoms with van der Waals surface area (Å²) in [6, 6.07) is 13.5. The smallest absolute Gasteiger partial charge is 0.150 e. The van der Waals surface area contributed by atoms with Crippen LogP contribution in [0.25, 0.3) is 11.1 Å². The van der Waals surface area contributed by atoms with Crippen LogP contribution in [0.3, 0.4) is 0 Å². The molecule has 1 aliphatic carbocycles. The standard InChI is InChI=1S/C32H46O/c1-4-7-10-13-18-27-26(25-33)21-22-29-28-19-14-15-20-30(28)32(31(27)29,23-16-11-8-5-2)24-17-12-9-6-3/h14-15,19-22,25H,4-13,16-18,23-24H2,1-3H3. The highest BCUT2D eigenvalue weighted by Gasteiger charge is 2.43. The molecule has 0 aromatic heterocycles. The molecule has 1 heteroatoms. The largest absolute Gasteiger partial charge is 0.298 e. The molecular weight excluding hydrogens is 400 g/mol. The van der Waals surface area contributed by atoms with E-state index in [-0.39, 0.29) is 5.41 Å². The Morgan fingerprint density at radius 3 is 1.88 bits per heavy atom. The van der Waals surface area contributed by atoms with Crippen LogP contribution in [0.15, 0.2) is 36.4 Å². The van der Waals surface area contributed by atoms with Crippen LogP contribution in [0.1, 0.15) is 138 Å². The van der Waals surface area contributed by atoms with Gasteiger partial charge in [-0.1, -0.05) is 128 Å². The van der Waals surface area contributed by atoms with E-state index in [4.69, 9.17) is 0 Å². The molecular formula is C32H46O. The molecule has 0 saturated heterocycles. The second-order valence-electron chi connectivity index (χ2n) is 10.2. The first-order valence-electron chi connectivity index (χ1n) is 13.9. The quantitative estimate of drug-likeness (QED) is 0.185. The van der Waals surface area contributed by atoms with Crippen molar-refractivity contribution in [3.05, 3.63) is 58.7 Å². The van der Waals surface area contributed by atoms with Crippen LogP contribution < -0.4 is 0 Å². The van der Waals surface area contributed by atoms with E-state index >= 15 is 0 Å². The van der Waals surface area contributed by atoms with E-state index in [0.717, 1.165) is 18.3 Å². The van der Waals surface area contributed by atoms with Gasteiger partial charge >= 0.3 is 0 Å². The van der Waals surface area contributed by atoms with Gasteiger partial charge in [-0.25, -0.2) is 0 Å². The van der Waals surface area contributed by atoms with Gasteiger partial charge in [-0.2, -0.15) is 0 Å². The molecule has 0 bridgehead atoms. The summed E-state index contributed by atoms with van der Waals surface area (Å²) in [6.45, 7) is 6.86. The Morgan fingerprint density at radius 2 is 1.27 bits per heavy atom. The molecule has 0 atom stereocenters. The van der Waals surface area contributed by atoms with Gasteiger partial charge in [-0.05, 0) is 53.5 Å². The topological polar surface area (TPSA) is 17.1 Å². The molecule has 0 amide bonds. The lowest BCUT2D eigenvalue weighted by atomic mass is 9.68. The number of aldehydes is 1. The maximum Gasteiger partial charge on any atom is 0.150 e. The van der Waals surface area contributed by atoms with E-state index in [1.807, 2.05) is 0 Å². The molecule has 0 radical (unpaired) electrons. The minimum Gasteiger partial charge on any atom is -0.298 e. The summed E-state index contributed by atoms with van der Waals surface area (Å²) in [7, 11) is 0. The van der Waals surface area contributed by atoms with Crippen molar-refractivity contribution in [2.75, 3.05) is 0 Å². The Bertz CT molecular complexity index is 866. The van der Waals surface area contributed by atoms with E-state index in [2.05, 4.69) is 57.2 Å². The van der Waals surface area contributed by atoms with Crippen LogP contribution in [-0.2, 0) is 11.8 Å². The zero-order chi connectivity index (χ0) is 23.5. The average molecular weight is 447 g/mol. The van der Waals surface area contributed by atoms with Crippen molar-refractivity contribution in [1.82, 2.24) is 0 Å². The highest BCUT2D eigenvalue weighted by Crippen LogP contribution is 2.56. The molecule has 33 heavy (non-hydrogen) atoms. The lowest BCUT2D eigenvalue weighted by Crippen LogP contribution is -2.27. The molecule has 0 unspecified atom stereocenters. The summed E-state index contributed by atoms with van der Waals surface area (Å²) in [5.41, 5.74) is 8.26. The number of hydrogen-bond acceptors (Lipinski definition) is 1. The molecule has 0 fully saturated rings. The minimum atomic E-state index is 0.0759. The van der Waals surface area contributed by atoms with Gasteiger partial charge in [-0.15, -0.1) is 0 Å². The van der Waals surface area contributed by atoms with Crippen LogP contribution in [0.2, 0.25) is 0 Å². The van der Waals surface area contributed by atoms with E-state index in [0.29, 0.717) is 0 Å². The summed E-state index contributed by atoms with van der Waals surface area (Å²) >= 11 is 0. The third kappa shape index (κ3) is 5.79. The number of hydrogen-bond donors (Lipinski definition) is 0. The Balaban J connectivity index is 2.09. The zero-order valence-electron chi connectivity index (χ0n) is 21.6. The van der Waals surface area contributed by atoms with E-state index in [9.17, 15) is 4.79 Å². The van der Waals surface area contributed by atoms with Gasteiger partial charge in [0.1, 0.15) is 6.29 Å². The van der Waals surface area contributed by atoms with Crippen molar-refractivity contribution in [2.24, 2.45) is 0 Å². The van der Waals surface area contributed by atoms with Crippen LogP contribution in [0.4, 0.5) is 0 Å². The van der Waals surface area contributed by atoms with Gasteiger partial charge in [0.05, 0.1) is 0 Å². The molecule has 0 saturated carbocycles. The molecule has 1 aliphatic rings. The van der Waals surface area contributed by atoms with Crippen molar-refractivity contribution in [3.8, 4) is 11.1 Å². The van der Waals surface area contributed by atoms with Gasteiger partial charge in [0.25, 0.3) is 0 Å². The summed E-state index contributed by atoms with van der Waals surface area (Å²) in [6.07, 6.45) is 19.9. The Morgan fingerprint density at radius 1 is 0.667 bits per heavy atom. The molecule has 2 aromatic rings. The molecule has 0 aliphatic heterocycles. The first kappa shape index (κ1) is 25.7. The normalized spacial score (nSPS) is 13.7. The summed E-state index contributed by atoms with van der Waals surface area (Å²) in [4.78, 5) is 12.2. The molecule has 0 N–H and O–H groups in total. The summed E-state index contributed by atoms with van der Waals surface area (Å²) in [5.74, 6) is 0. The van der Waals surface area contributed by atoms with Gasteiger partial charge in [0.15, 0.2) is 0 Å². The maximum atomic E-state index is 12.2. The molecule has 1 nitrogen and oxygen atoms in total. The molecule has 2 aromatic carbocycles. The van der Waals surface area contributed by atoms with Gasteiger partial charge in [0, 0.05) is 11.0 Å². The monoisotopic (exact) mass is 446 g/mol. The predicted molar refractivity (Wildman–Crippen MR) is 143 cm³/mol. The van der Waals surface area contributed by atoms with Crippen molar-refractivity contribution < 1.29 is 4.79 Å². The molecule has 180 valence electrons. The number of fused-ring (bicyclic) bond motifs is 3. The SMILES string of the molecule is CCCCCCc1c(C=O)ccc2c1C(CCCCCC)(CCCCCC)c1ccccc1-2. The second kappa shape index (κ2) is 13.1. The van der Waals surface area contributed by atoms with Gasteiger partial charge < -0.3 is 0 Å². The lowest BCUT2D eigenvalue weighted by molar-refractivity contribution is 0.112. The first-order valence-corrected chi connectivity index (χ1v) is 13.9. The second-order valence-corrected chi connectivity index (χ2v) is 10.2. The van der Waals surface area contributed by atoms with Gasteiger partial charge in [0.2, 0.25) is 0 Å². The third-order valence-corrected chi connectivity index (χ3v) is 7.88. The number of rotatable bonds is 16. The molecule has 0 spiro atoms. The van der Waals surface area contributed by atoms with Crippen molar-refractivity contribution in [1.29, 1.82) is 0 Å². The van der Waals surface area contributed by atoms with Crippen molar-refractivity contribution >= 4 is 6.29 Å². The van der Waals surface area contributed by atoms with E-state index < -0.39 is 0 Å². The number of unbranched alkanes of at least 4 members (excludes halogenated alkanes) is 9. The minimum absolute atomic E-state index is 0.0759. The highest BCUT2D eigenvalue weighted by molar-refractivity contribution is 5.88. The first-order chi connectivity index (χ1) is 16.2. The zero-order valence-corrected chi connectivity index (χ0v) is 21.6. The Hall–Kier alpha value is -1.89. The lowest BCUT2D eigenvalue weighted by Gasteiger charge is -2.35. The number of benzene rings is 2. The Kier molecular flexibility index (Phi) is 10.2.